The average Bonchev–Trinajstić information content (AvgIpc) is 2.85. The monoisotopic (exact) mass is 305 g/mol. The molecule has 5 nitrogen and oxygen atoms in total. The Morgan fingerprint density at radius 2 is 1.95 bits per heavy atom. The van der Waals surface area contributed by atoms with E-state index in [2.05, 4.69) is 4.90 Å². The molecule has 22 heavy (non-hydrogen) atoms. The van der Waals surface area contributed by atoms with Crippen LogP contribution in [0.25, 0.3) is 0 Å². The molecule has 2 aliphatic rings. The highest BCUT2D eigenvalue weighted by Crippen LogP contribution is 2.49. The standard InChI is InChI=1S/C17H23NO4/c1-18-7-6-17(15(18)9-12(19)10-16(17)20)11-4-5-13(21-2)14(8-11)22-3/h4-5,8,15-16,20H,6-7,9-10H2,1-3H3/t15-,16+,17+/m1/s1. The van der Waals surface area contributed by atoms with Gasteiger partial charge in [0, 0.05) is 24.3 Å². The van der Waals surface area contributed by atoms with Crippen LogP contribution in [-0.2, 0) is 10.2 Å². The minimum absolute atomic E-state index is 0.0434. The van der Waals surface area contributed by atoms with E-state index in [1.54, 1.807) is 14.2 Å². The molecule has 1 aliphatic heterocycles. The fourth-order valence-electron chi connectivity index (χ4n) is 4.16. The van der Waals surface area contributed by atoms with Crippen molar-refractivity contribution in [3.63, 3.8) is 0 Å². The molecule has 2 fully saturated rings. The van der Waals surface area contributed by atoms with Crippen LogP contribution in [0.15, 0.2) is 18.2 Å². The van der Waals surface area contributed by atoms with Gasteiger partial charge >= 0.3 is 0 Å². The van der Waals surface area contributed by atoms with Crippen molar-refractivity contribution >= 4 is 5.78 Å². The van der Waals surface area contributed by atoms with Crippen LogP contribution in [0.4, 0.5) is 0 Å². The van der Waals surface area contributed by atoms with Crippen molar-refractivity contribution in [2.75, 3.05) is 27.8 Å². The van der Waals surface area contributed by atoms with Crippen molar-refractivity contribution in [2.45, 2.75) is 36.8 Å². The lowest BCUT2D eigenvalue weighted by Gasteiger charge is -2.44. The smallest absolute Gasteiger partial charge is 0.161 e. The van der Waals surface area contributed by atoms with Crippen LogP contribution in [0.5, 0.6) is 11.5 Å². The van der Waals surface area contributed by atoms with Crippen molar-refractivity contribution in [2.24, 2.45) is 0 Å². The molecule has 1 saturated heterocycles. The van der Waals surface area contributed by atoms with Gasteiger partial charge in [-0.3, -0.25) is 4.79 Å². The molecule has 5 heteroatoms. The molecule has 1 heterocycles. The number of rotatable bonds is 3. The highest BCUT2D eigenvalue weighted by atomic mass is 16.5. The zero-order valence-corrected chi connectivity index (χ0v) is 13.3. The first-order valence-electron chi connectivity index (χ1n) is 7.65. The van der Waals surface area contributed by atoms with Gasteiger partial charge in [0.15, 0.2) is 11.5 Å². The number of aliphatic hydroxyl groups excluding tert-OH is 1. The van der Waals surface area contributed by atoms with Gasteiger partial charge in [0.05, 0.1) is 20.3 Å². The third-order valence-electron chi connectivity index (χ3n) is 5.36. The van der Waals surface area contributed by atoms with Crippen LogP contribution < -0.4 is 9.47 Å². The van der Waals surface area contributed by atoms with Crippen LogP contribution in [-0.4, -0.2) is 55.7 Å². The summed E-state index contributed by atoms with van der Waals surface area (Å²) in [6.07, 6.45) is 0.931. The summed E-state index contributed by atoms with van der Waals surface area (Å²) in [4.78, 5) is 14.1. The van der Waals surface area contributed by atoms with Gasteiger partial charge in [0.1, 0.15) is 5.78 Å². The van der Waals surface area contributed by atoms with Crippen LogP contribution in [0, 0.1) is 0 Å². The number of likely N-dealkylation sites (tertiary alicyclic amines) is 1. The maximum absolute atomic E-state index is 11.9. The van der Waals surface area contributed by atoms with E-state index >= 15 is 0 Å². The van der Waals surface area contributed by atoms with E-state index in [0.29, 0.717) is 17.9 Å². The molecule has 1 saturated carbocycles. The molecule has 1 aromatic carbocycles. The van der Waals surface area contributed by atoms with Gasteiger partial charge in [0.25, 0.3) is 0 Å². The normalized spacial score (nSPS) is 31.9. The first-order chi connectivity index (χ1) is 10.5. The number of fused-ring (bicyclic) bond motifs is 1. The van der Waals surface area contributed by atoms with E-state index in [1.807, 2.05) is 25.2 Å². The van der Waals surface area contributed by atoms with Crippen molar-refractivity contribution in [3.8, 4) is 11.5 Å². The summed E-state index contributed by atoms with van der Waals surface area (Å²) in [6, 6.07) is 5.86. The fourth-order valence-corrected chi connectivity index (χ4v) is 4.16. The number of hydrogen-bond donors (Lipinski definition) is 1. The largest absolute Gasteiger partial charge is 0.493 e. The van der Waals surface area contributed by atoms with Crippen LogP contribution in [0.1, 0.15) is 24.8 Å². The Bertz CT molecular complexity index is 588. The van der Waals surface area contributed by atoms with E-state index in [4.69, 9.17) is 9.47 Å². The molecule has 0 spiro atoms. The summed E-state index contributed by atoms with van der Waals surface area (Å²) in [5.41, 5.74) is 0.627. The fraction of sp³-hybridized carbons (Fsp3) is 0.588. The molecule has 1 N–H and O–H groups in total. The van der Waals surface area contributed by atoms with E-state index < -0.39 is 11.5 Å². The van der Waals surface area contributed by atoms with Gasteiger partial charge in [0.2, 0.25) is 0 Å². The summed E-state index contributed by atoms with van der Waals surface area (Å²) < 4.78 is 10.7. The Morgan fingerprint density at radius 1 is 1.23 bits per heavy atom. The highest BCUT2D eigenvalue weighted by Gasteiger charge is 2.55. The lowest BCUT2D eigenvalue weighted by Crippen LogP contribution is -2.54. The second-order valence-electron chi connectivity index (χ2n) is 6.32. The van der Waals surface area contributed by atoms with Gasteiger partial charge in [-0.15, -0.1) is 0 Å². The number of Topliss-reactive ketones (excluding diaryl/α,β-unsaturated/α-hetero) is 1. The number of carbonyl (C=O) groups excluding carboxylic acids is 1. The second kappa shape index (κ2) is 5.56. The molecule has 0 unspecified atom stereocenters. The average molecular weight is 305 g/mol. The molecule has 120 valence electrons. The quantitative estimate of drug-likeness (QED) is 0.914. The topological polar surface area (TPSA) is 59.0 Å². The first kappa shape index (κ1) is 15.3. The lowest BCUT2D eigenvalue weighted by molar-refractivity contribution is -0.128. The molecule has 1 aliphatic carbocycles. The number of hydrogen-bond acceptors (Lipinski definition) is 5. The molecule has 3 atom stereocenters. The Hall–Kier alpha value is -1.59. The Balaban J connectivity index is 2.09. The van der Waals surface area contributed by atoms with E-state index in [0.717, 1.165) is 18.5 Å². The zero-order chi connectivity index (χ0) is 15.9. The minimum atomic E-state index is -0.651. The summed E-state index contributed by atoms with van der Waals surface area (Å²) >= 11 is 0. The molecule has 1 aromatic rings. The summed E-state index contributed by atoms with van der Waals surface area (Å²) in [7, 11) is 5.24. The number of carbonyl (C=O) groups is 1. The Labute approximate surface area is 130 Å². The van der Waals surface area contributed by atoms with Crippen molar-refractivity contribution in [1.82, 2.24) is 4.90 Å². The third kappa shape index (κ3) is 2.11. The lowest BCUT2D eigenvalue weighted by atomic mass is 9.64. The van der Waals surface area contributed by atoms with E-state index in [1.165, 1.54) is 0 Å². The number of benzene rings is 1. The van der Waals surface area contributed by atoms with E-state index in [-0.39, 0.29) is 18.2 Å². The van der Waals surface area contributed by atoms with E-state index in [9.17, 15) is 9.90 Å². The summed E-state index contributed by atoms with van der Waals surface area (Å²) in [5.74, 6) is 1.47. The summed E-state index contributed by atoms with van der Waals surface area (Å²) in [5, 5.41) is 10.7. The van der Waals surface area contributed by atoms with Gasteiger partial charge in [-0.25, -0.2) is 0 Å². The van der Waals surface area contributed by atoms with Gasteiger partial charge in [-0.05, 0) is 37.7 Å². The predicted octanol–water partition coefficient (Wildman–Crippen LogP) is 1.37. The number of nitrogens with zero attached hydrogens (tertiary/aromatic N) is 1. The second-order valence-corrected chi connectivity index (χ2v) is 6.32. The first-order valence-corrected chi connectivity index (χ1v) is 7.65. The molecule has 0 aromatic heterocycles. The van der Waals surface area contributed by atoms with Crippen molar-refractivity contribution < 1.29 is 19.4 Å². The molecule has 0 amide bonds. The van der Waals surface area contributed by atoms with Gasteiger partial charge in [-0.2, -0.15) is 0 Å². The van der Waals surface area contributed by atoms with Crippen molar-refractivity contribution in [1.29, 1.82) is 0 Å². The number of ether oxygens (including phenoxy) is 2. The number of methoxy groups -OCH3 is 2. The summed E-state index contributed by atoms with van der Waals surface area (Å²) in [6.45, 7) is 0.878. The van der Waals surface area contributed by atoms with Gasteiger partial charge in [-0.1, -0.05) is 6.07 Å². The predicted molar refractivity (Wildman–Crippen MR) is 82.5 cm³/mol. The molecular formula is C17H23NO4. The zero-order valence-electron chi connectivity index (χ0n) is 13.3. The van der Waals surface area contributed by atoms with Crippen molar-refractivity contribution in [3.05, 3.63) is 23.8 Å². The highest BCUT2D eigenvalue weighted by molar-refractivity contribution is 5.81. The minimum Gasteiger partial charge on any atom is -0.493 e. The third-order valence-corrected chi connectivity index (χ3v) is 5.36. The Kier molecular flexibility index (Phi) is 3.87. The number of likely N-dealkylation sites (N-methyl/N-ethyl adjacent to an activating group) is 1. The molecule has 3 rings (SSSR count). The maximum Gasteiger partial charge on any atom is 0.161 e. The maximum atomic E-state index is 11.9. The molecule has 0 bridgehead atoms. The number of ketones is 1. The number of aliphatic hydroxyl groups is 1. The SMILES string of the molecule is COc1ccc([C@@]23CCN(C)[C@@H]2CC(=O)C[C@@H]3O)cc1OC. The molecular weight excluding hydrogens is 282 g/mol. The Morgan fingerprint density at radius 3 is 2.64 bits per heavy atom. The van der Waals surface area contributed by atoms with Gasteiger partial charge < -0.3 is 19.5 Å². The van der Waals surface area contributed by atoms with Crippen LogP contribution in [0.2, 0.25) is 0 Å². The molecule has 0 radical (unpaired) electrons. The van der Waals surface area contributed by atoms with Crippen LogP contribution >= 0.6 is 0 Å². The van der Waals surface area contributed by atoms with Crippen LogP contribution in [0.3, 0.4) is 0 Å².